The van der Waals surface area contributed by atoms with Crippen LogP contribution in [-0.4, -0.2) is 25.3 Å². The lowest BCUT2D eigenvalue weighted by Gasteiger charge is -2.19. The van der Waals surface area contributed by atoms with Gasteiger partial charge in [-0.1, -0.05) is 6.92 Å². The molecule has 0 saturated heterocycles. The Balaban J connectivity index is 2.09. The summed E-state index contributed by atoms with van der Waals surface area (Å²) in [7, 11) is 0. The van der Waals surface area contributed by atoms with Gasteiger partial charge in [0, 0.05) is 30.9 Å². The van der Waals surface area contributed by atoms with Crippen LogP contribution in [0.1, 0.15) is 45.6 Å². The standard InChI is InChI=1S/C15H23N5/c1-5-6-13-16-9-10-20(13)14-8-7-12(18-19-14)11-17-15(2,3)4/h7-10,17H,5-6,11H2,1-4H3. The van der Waals surface area contributed by atoms with E-state index in [2.05, 4.69) is 48.2 Å². The fraction of sp³-hybridized carbons (Fsp3) is 0.533. The maximum absolute atomic E-state index is 4.36. The SMILES string of the molecule is CCCc1nccn1-c1ccc(CNC(C)(C)C)nn1. The van der Waals surface area contributed by atoms with Crippen molar-refractivity contribution in [2.75, 3.05) is 0 Å². The third-order valence-corrected chi connectivity index (χ3v) is 2.94. The zero-order chi connectivity index (χ0) is 14.6. The summed E-state index contributed by atoms with van der Waals surface area (Å²) in [5, 5.41) is 12.0. The second-order valence-corrected chi connectivity index (χ2v) is 5.95. The number of aromatic nitrogens is 4. The smallest absolute Gasteiger partial charge is 0.160 e. The van der Waals surface area contributed by atoms with Crippen LogP contribution in [0.2, 0.25) is 0 Å². The van der Waals surface area contributed by atoms with Gasteiger partial charge in [-0.05, 0) is 39.3 Å². The number of hydrogen-bond donors (Lipinski definition) is 1. The van der Waals surface area contributed by atoms with Crippen molar-refractivity contribution in [2.24, 2.45) is 0 Å². The molecular formula is C15H23N5. The highest BCUT2D eigenvalue weighted by Gasteiger charge is 2.10. The Hall–Kier alpha value is -1.75. The van der Waals surface area contributed by atoms with Gasteiger partial charge in [0.05, 0.1) is 5.69 Å². The molecule has 0 aromatic carbocycles. The molecule has 108 valence electrons. The minimum atomic E-state index is 0.0823. The average molecular weight is 273 g/mol. The first-order valence-electron chi connectivity index (χ1n) is 7.10. The van der Waals surface area contributed by atoms with Crippen molar-refractivity contribution >= 4 is 0 Å². The summed E-state index contributed by atoms with van der Waals surface area (Å²) in [6.07, 6.45) is 5.75. The summed E-state index contributed by atoms with van der Waals surface area (Å²) < 4.78 is 2.00. The third kappa shape index (κ3) is 3.87. The van der Waals surface area contributed by atoms with E-state index < -0.39 is 0 Å². The van der Waals surface area contributed by atoms with Crippen LogP contribution >= 0.6 is 0 Å². The van der Waals surface area contributed by atoms with Gasteiger partial charge in [0.15, 0.2) is 5.82 Å². The monoisotopic (exact) mass is 273 g/mol. The van der Waals surface area contributed by atoms with E-state index in [0.29, 0.717) is 0 Å². The summed E-state index contributed by atoms with van der Waals surface area (Å²) in [6.45, 7) is 9.28. The number of imidazole rings is 1. The minimum Gasteiger partial charge on any atom is -0.306 e. The van der Waals surface area contributed by atoms with Crippen molar-refractivity contribution in [1.82, 2.24) is 25.1 Å². The first kappa shape index (κ1) is 14.7. The molecule has 0 atom stereocenters. The molecule has 0 saturated carbocycles. The van der Waals surface area contributed by atoms with E-state index in [1.165, 1.54) is 0 Å². The molecule has 2 aromatic rings. The molecule has 0 aliphatic rings. The lowest BCUT2D eigenvalue weighted by Crippen LogP contribution is -2.35. The quantitative estimate of drug-likeness (QED) is 0.909. The van der Waals surface area contributed by atoms with E-state index in [9.17, 15) is 0 Å². The zero-order valence-corrected chi connectivity index (χ0v) is 12.7. The molecule has 0 aliphatic carbocycles. The van der Waals surface area contributed by atoms with Gasteiger partial charge in [-0.15, -0.1) is 5.10 Å². The highest BCUT2D eigenvalue weighted by atomic mass is 15.2. The van der Waals surface area contributed by atoms with E-state index in [-0.39, 0.29) is 5.54 Å². The minimum absolute atomic E-state index is 0.0823. The summed E-state index contributed by atoms with van der Waals surface area (Å²) in [6, 6.07) is 4.00. The predicted molar refractivity (Wildman–Crippen MR) is 79.7 cm³/mol. The van der Waals surface area contributed by atoms with Crippen LogP contribution in [0, 0.1) is 0 Å². The molecule has 0 aliphatic heterocycles. The van der Waals surface area contributed by atoms with E-state index in [4.69, 9.17) is 0 Å². The summed E-state index contributed by atoms with van der Waals surface area (Å²) in [4.78, 5) is 4.36. The molecule has 5 nitrogen and oxygen atoms in total. The fourth-order valence-corrected chi connectivity index (χ4v) is 1.88. The molecular weight excluding hydrogens is 250 g/mol. The Bertz CT molecular complexity index is 536. The number of nitrogens with one attached hydrogen (secondary N) is 1. The second kappa shape index (κ2) is 6.13. The second-order valence-electron chi connectivity index (χ2n) is 5.95. The lowest BCUT2D eigenvalue weighted by molar-refractivity contribution is 0.420. The van der Waals surface area contributed by atoms with Crippen molar-refractivity contribution in [1.29, 1.82) is 0 Å². The van der Waals surface area contributed by atoms with Crippen LogP contribution in [0.25, 0.3) is 5.82 Å². The van der Waals surface area contributed by atoms with Crippen LogP contribution in [0.15, 0.2) is 24.5 Å². The molecule has 20 heavy (non-hydrogen) atoms. The highest BCUT2D eigenvalue weighted by Crippen LogP contribution is 2.09. The molecule has 5 heteroatoms. The van der Waals surface area contributed by atoms with Gasteiger partial charge in [0.1, 0.15) is 5.82 Å². The molecule has 0 radical (unpaired) electrons. The van der Waals surface area contributed by atoms with Crippen molar-refractivity contribution in [2.45, 2.75) is 52.6 Å². The highest BCUT2D eigenvalue weighted by molar-refractivity contribution is 5.24. The molecule has 0 bridgehead atoms. The fourth-order valence-electron chi connectivity index (χ4n) is 1.88. The average Bonchev–Trinajstić information content (AvgIpc) is 2.85. The molecule has 0 spiro atoms. The van der Waals surface area contributed by atoms with Gasteiger partial charge in [-0.25, -0.2) is 4.98 Å². The maximum atomic E-state index is 4.36. The van der Waals surface area contributed by atoms with Crippen molar-refractivity contribution in [3.05, 3.63) is 36.0 Å². The summed E-state index contributed by atoms with van der Waals surface area (Å²) in [5.74, 6) is 1.85. The summed E-state index contributed by atoms with van der Waals surface area (Å²) in [5.41, 5.74) is 1.03. The number of aryl methyl sites for hydroxylation is 1. The maximum Gasteiger partial charge on any atom is 0.160 e. The molecule has 0 fully saturated rings. The van der Waals surface area contributed by atoms with Crippen LogP contribution in [0.3, 0.4) is 0 Å². The van der Waals surface area contributed by atoms with Gasteiger partial charge in [-0.3, -0.25) is 4.57 Å². The van der Waals surface area contributed by atoms with Gasteiger partial charge in [-0.2, -0.15) is 5.10 Å². The normalized spacial score (nSPS) is 11.8. The zero-order valence-electron chi connectivity index (χ0n) is 12.7. The first-order valence-corrected chi connectivity index (χ1v) is 7.10. The van der Waals surface area contributed by atoms with Gasteiger partial charge < -0.3 is 5.32 Å². The Morgan fingerprint density at radius 1 is 1.20 bits per heavy atom. The molecule has 0 amide bonds. The topological polar surface area (TPSA) is 55.6 Å². The number of rotatable bonds is 5. The molecule has 2 rings (SSSR count). The Morgan fingerprint density at radius 2 is 2.00 bits per heavy atom. The van der Waals surface area contributed by atoms with E-state index in [1.807, 2.05) is 29.1 Å². The molecule has 2 heterocycles. The van der Waals surface area contributed by atoms with E-state index >= 15 is 0 Å². The van der Waals surface area contributed by atoms with E-state index in [0.717, 1.165) is 36.7 Å². The number of hydrogen-bond acceptors (Lipinski definition) is 4. The van der Waals surface area contributed by atoms with Crippen molar-refractivity contribution in [3.8, 4) is 5.82 Å². The molecule has 2 aromatic heterocycles. The number of nitrogens with zero attached hydrogens (tertiary/aromatic N) is 4. The van der Waals surface area contributed by atoms with Crippen LogP contribution in [-0.2, 0) is 13.0 Å². The lowest BCUT2D eigenvalue weighted by atomic mass is 10.1. The Morgan fingerprint density at radius 3 is 2.60 bits per heavy atom. The van der Waals surface area contributed by atoms with Gasteiger partial charge in [0.25, 0.3) is 0 Å². The van der Waals surface area contributed by atoms with Crippen LogP contribution in [0.4, 0.5) is 0 Å². The molecule has 0 unspecified atom stereocenters. The third-order valence-electron chi connectivity index (χ3n) is 2.94. The van der Waals surface area contributed by atoms with Gasteiger partial charge in [0.2, 0.25) is 0 Å². The first-order chi connectivity index (χ1) is 9.49. The van der Waals surface area contributed by atoms with Gasteiger partial charge >= 0.3 is 0 Å². The largest absolute Gasteiger partial charge is 0.306 e. The Labute approximate surface area is 120 Å². The van der Waals surface area contributed by atoms with Crippen LogP contribution < -0.4 is 5.32 Å². The van der Waals surface area contributed by atoms with Crippen LogP contribution in [0.5, 0.6) is 0 Å². The Kier molecular flexibility index (Phi) is 4.49. The van der Waals surface area contributed by atoms with Crippen molar-refractivity contribution in [3.63, 3.8) is 0 Å². The van der Waals surface area contributed by atoms with E-state index in [1.54, 1.807) is 0 Å². The predicted octanol–water partition coefficient (Wildman–Crippen LogP) is 2.50. The molecule has 1 N–H and O–H groups in total. The summed E-state index contributed by atoms with van der Waals surface area (Å²) >= 11 is 0. The van der Waals surface area contributed by atoms with Crippen molar-refractivity contribution < 1.29 is 0 Å².